The largest absolute Gasteiger partial charge is 0.493 e. The molecule has 0 aliphatic carbocycles. The Kier molecular flexibility index (Phi) is 9.45. The van der Waals surface area contributed by atoms with Crippen molar-refractivity contribution in [2.75, 3.05) is 13.7 Å². The molecule has 1 aromatic carbocycles. The van der Waals surface area contributed by atoms with Crippen LogP contribution in [0, 0.1) is 0 Å². The molecule has 2 heterocycles. The number of hydrogen-bond donors (Lipinski definition) is 2. The molecule has 0 aliphatic rings. The van der Waals surface area contributed by atoms with E-state index in [0.717, 1.165) is 0 Å². The van der Waals surface area contributed by atoms with Gasteiger partial charge in [0.1, 0.15) is 5.60 Å². The van der Waals surface area contributed by atoms with E-state index in [2.05, 4.69) is 20.6 Å². The lowest BCUT2D eigenvalue weighted by Gasteiger charge is -2.21. The van der Waals surface area contributed by atoms with Crippen molar-refractivity contribution in [3.8, 4) is 23.0 Å². The minimum Gasteiger partial charge on any atom is -0.493 e. The molecule has 3 rings (SSSR count). The maximum absolute atomic E-state index is 13.3. The number of hydrogen-bond acceptors (Lipinski definition) is 8. The molecule has 2 aromatic heterocycles. The minimum absolute atomic E-state index is 0.0194. The van der Waals surface area contributed by atoms with Crippen LogP contribution in [0.15, 0.2) is 35.0 Å². The highest BCUT2D eigenvalue weighted by atomic mass is 35.5. The number of carbonyl (C=O) groups excluding carboxylic acids is 2. The number of pyridine rings is 1. The highest BCUT2D eigenvalue weighted by molar-refractivity contribution is 6.35. The van der Waals surface area contributed by atoms with Gasteiger partial charge in [0.2, 0.25) is 5.89 Å². The van der Waals surface area contributed by atoms with Gasteiger partial charge >= 0.3 is 6.09 Å². The molecule has 1 unspecified atom stereocenters. The third-order valence-electron chi connectivity index (χ3n) is 5.08. The van der Waals surface area contributed by atoms with E-state index in [4.69, 9.17) is 41.8 Å². The van der Waals surface area contributed by atoms with E-state index < -0.39 is 23.6 Å². The molecule has 38 heavy (non-hydrogen) atoms. The fraction of sp³-hybridized carbons (Fsp3) is 0.385. The Hall–Kier alpha value is -3.50. The maximum atomic E-state index is 13.3. The van der Waals surface area contributed by atoms with E-state index in [9.17, 15) is 9.59 Å². The number of halogens is 2. The van der Waals surface area contributed by atoms with E-state index in [1.165, 1.54) is 19.5 Å². The zero-order valence-electron chi connectivity index (χ0n) is 22.0. The second-order valence-corrected chi connectivity index (χ2v) is 9.98. The summed E-state index contributed by atoms with van der Waals surface area (Å²) in [4.78, 5) is 34.0. The molecular formula is C26H30Cl2N4O6. The van der Waals surface area contributed by atoms with Crippen molar-refractivity contribution in [1.29, 1.82) is 0 Å². The molecule has 2 N–H and O–H groups in total. The highest BCUT2D eigenvalue weighted by Gasteiger charge is 2.28. The van der Waals surface area contributed by atoms with Crippen LogP contribution in [0.5, 0.6) is 11.5 Å². The van der Waals surface area contributed by atoms with Crippen LogP contribution in [0.25, 0.3) is 11.5 Å². The number of nitrogens with one attached hydrogen (secondary N) is 2. The summed E-state index contributed by atoms with van der Waals surface area (Å²) in [7, 11) is 1.54. The number of carbonyl (C=O) groups is 2. The van der Waals surface area contributed by atoms with E-state index in [1.807, 2.05) is 6.92 Å². The summed E-state index contributed by atoms with van der Waals surface area (Å²) in [5, 5.41) is 6.05. The van der Waals surface area contributed by atoms with E-state index >= 15 is 0 Å². The molecule has 10 nitrogen and oxygen atoms in total. The van der Waals surface area contributed by atoms with Crippen LogP contribution >= 0.6 is 23.2 Å². The fourth-order valence-electron chi connectivity index (χ4n) is 3.40. The van der Waals surface area contributed by atoms with Gasteiger partial charge in [0, 0.05) is 30.1 Å². The summed E-state index contributed by atoms with van der Waals surface area (Å²) < 4.78 is 22.4. The molecule has 0 radical (unpaired) electrons. The molecule has 0 saturated heterocycles. The highest BCUT2D eigenvalue weighted by Crippen LogP contribution is 2.34. The van der Waals surface area contributed by atoms with E-state index in [0.29, 0.717) is 39.3 Å². The number of benzene rings is 1. The number of methoxy groups -OCH3 is 1. The molecule has 0 bridgehead atoms. The maximum Gasteiger partial charge on any atom is 0.408 e. The molecule has 0 fully saturated rings. The van der Waals surface area contributed by atoms with Gasteiger partial charge in [0.05, 0.1) is 29.8 Å². The zero-order valence-corrected chi connectivity index (χ0v) is 23.5. The first-order valence-corrected chi connectivity index (χ1v) is 12.6. The summed E-state index contributed by atoms with van der Waals surface area (Å²) in [6, 6.07) is 4.37. The summed E-state index contributed by atoms with van der Waals surface area (Å²) in [5.74, 6) is 0.734. The van der Waals surface area contributed by atoms with Gasteiger partial charge in [-0.05, 0) is 52.8 Å². The third kappa shape index (κ3) is 7.29. The van der Waals surface area contributed by atoms with Crippen LogP contribution in [0.4, 0.5) is 4.79 Å². The number of oxazole rings is 1. The van der Waals surface area contributed by atoms with Gasteiger partial charge in [0.15, 0.2) is 23.0 Å². The second kappa shape index (κ2) is 12.4. The van der Waals surface area contributed by atoms with E-state index in [1.54, 1.807) is 45.9 Å². The van der Waals surface area contributed by atoms with Gasteiger partial charge in [-0.15, -0.1) is 0 Å². The smallest absolute Gasteiger partial charge is 0.408 e. The predicted octanol–water partition coefficient (Wildman–Crippen LogP) is 5.97. The van der Waals surface area contributed by atoms with Gasteiger partial charge in [-0.2, -0.15) is 0 Å². The number of aromatic nitrogens is 2. The monoisotopic (exact) mass is 564 g/mol. The molecule has 0 saturated carbocycles. The van der Waals surface area contributed by atoms with Crippen molar-refractivity contribution in [3.05, 3.63) is 57.7 Å². The Morgan fingerprint density at radius 1 is 1.13 bits per heavy atom. The number of nitrogens with zero attached hydrogens (tertiary/aromatic N) is 2. The predicted molar refractivity (Wildman–Crippen MR) is 143 cm³/mol. The standard InChI is InChI=1S/C26H30Cl2N4O6/c1-7-36-20-10-15(8-9-19(20)35-6)24-32-21(22(37-24)14(2)31-25(34)38-26(3,4)5)23(33)30-11-16-17(27)12-29-13-18(16)28/h8-10,12-14H,7,11H2,1-6H3,(H,30,33)(H,31,34). The van der Waals surface area contributed by atoms with Crippen molar-refractivity contribution in [1.82, 2.24) is 20.6 Å². The van der Waals surface area contributed by atoms with Crippen LogP contribution in [-0.2, 0) is 11.3 Å². The van der Waals surface area contributed by atoms with Crippen LogP contribution in [0.1, 0.15) is 62.5 Å². The number of ether oxygens (including phenoxy) is 3. The average Bonchev–Trinajstić information content (AvgIpc) is 3.28. The summed E-state index contributed by atoms with van der Waals surface area (Å²) in [5.41, 5.74) is 0.301. The topological polar surface area (TPSA) is 125 Å². The molecule has 0 aliphatic heterocycles. The normalized spacial score (nSPS) is 12.0. The average molecular weight is 565 g/mol. The Labute approximate surface area is 231 Å². The van der Waals surface area contributed by atoms with Crippen LogP contribution in [0.2, 0.25) is 10.0 Å². The van der Waals surface area contributed by atoms with Crippen molar-refractivity contribution >= 4 is 35.2 Å². The second-order valence-electron chi connectivity index (χ2n) is 9.16. The van der Waals surface area contributed by atoms with E-state index in [-0.39, 0.29) is 23.9 Å². The molecular weight excluding hydrogens is 535 g/mol. The van der Waals surface area contributed by atoms with Crippen molar-refractivity contribution in [2.24, 2.45) is 0 Å². The van der Waals surface area contributed by atoms with Crippen molar-refractivity contribution < 1.29 is 28.2 Å². The lowest BCUT2D eigenvalue weighted by atomic mass is 10.2. The first-order chi connectivity index (χ1) is 17.9. The Bertz CT molecular complexity index is 1290. The molecule has 12 heteroatoms. The van der Waals surface area contributed by atoms with Crippen LogP contribution in [-0.4, -0.2) is 41.3 Å². The Morgan fingerprint density at radius 3 is 2.42 bits per heavy atom. The quantitative estimate of drug-likeness (QED) is 0.325. The summed E-state index contributed by atoms with van der Waals surface area (Å²) in [6.07, 6.45) is 2.19. The van der Waals surface area contributed by atoms with Gasteiger partial charge in [-0.1, -0.05) is 23.2 Å². The Balaban J connectivity index is 1.96. The SMILES string of the molecule is CCOc1cc(-c2nc(C(=O)NCc3c(Cl)cncc3Cl)c(C(C)NC(=O)OC(C)(C)C)o2)ccc1OC. The lowest BCUT2D eigenvalue weighted by Crippen LogP contribution is -2.34. The van der Waals surface area contributed by atoms with Gasteiger partial charge in [-0.3, -0.25) is 9.78 Å². The Morgan fingerprint density at radius 2 is 1.82 bits per heavy atom. The molecule has 3 aromatic rings. The summed E-state index contributed by atoms with van der Waals surface area (Å²) >= 11 is 12.4. The van der Waals surface area contributed by atoms with Crippen molar-refractivity contribution in [2.45, 2.75) is 52.8 Å². The third-order valence-corrected chi connectivity index (χ3v) is 5.73. The summed E-state index contributed by atoms with van der Waals surface area (Å²) in [6.45, 7) is 9.18. The number of rotatable bonds is 9. The van der Waals surface area contributed by atoms with Gasteiger partial charge < -0.3 is 29.3 Å². The number of alkyl carbamates (subject to hydrolysis) is 1. The van der Waals surface area contributed by atoms with Gasteiger partial charge in [0.25, 0.3) is 5.91 Å². The van der Waals surface area contributed by atoms with Gasteiger partial charge in [-0.25, -0.2) is 9.78 Å². The van der Waals surface area contributed by atoms with Crippen molar-refractivity contribution in [3.63, 3.8) is 0 Å². The molecule has 2 amide bonds. The first kappa shape index (κ1) is 29.1. The molecule has 0 spiro atoms. The van der Waals surface area contributed by atoms with Crippen LogP contribution in [0.3, 0.4) is 0 Å². The first-order valence-electron chi connectivity index (χ1n) is 11.8. The molecule has 1 atom stereocenters. The molecule has 204 valence electrons. The minimum atomic E-state index is -0.760. The number of amides is 2. The van der Waals surface area contributed by atoms with Crippen LogP contribution < -0.4 is 20.1 Å². The fourth-order valence-corrected chi connectivity index (χ4v) is 3.90. The lowest BCUT2D eigenvalue weighted by molar-refractivity contribution is 0.0501. The zero-order chi connectivity index (χ0) is 28.0.